The lowest BCUT2D eigenvalue weighted by Gasteiger charge is -2.21. The van der Waals surface area contributed by atoms with Crippen molar-refractivity contribution in [2.24, 2.45) is 5.92 Å². The lowest BCUT2D eigenvalue weighted by atomic mass is 9.96. The number of alkyl halides is 6. The van der Waals surface area contributed by atoms with Gasteiger partial charge in [0.1, 0.15) is 11.6 Å². The fourth-order valence-electron chi connectivity index (χ4n) is 1.35. The Hall–Kier alpha value is -1.19. The zero-order valence-electron chi connectivity index (χ0n) is 9.04. The van der Waals surface area contributed by atoms with Gasteiger partial charge in [0.25, 0.3) is 0 Å². The lowest BCUT2D eigenvalue weighted by Crippen LogP contribution is -2.42. The van der Waals surface area contributed by atoms with Crippen LogP contribution < -0.4 is 0 Å². The number of Topliss-reactive ketones (excluding diaryl/α,β-unsaturated/α-hetero) is 1. The number of halogens is 9. The van der Waals surface area contributed by atoms with Crippen LogP contribution in [0.4, 0.5) is 35.1 Å². The van der Waals surface area contributed by atoms with Gasteiger partial charge in [0, 0.05) is 0 Å². The van der Waals surface area contributed by atoms with Gasteiger partial charge in [-0.15, -0.1) is 0 Å². The van der Waals surface area contributed by atoms with Crippen LogP contribution in [-0.2, 0) is 0 Å². The van der Waals surface area contributed by atoms with E-state index in [1.54, 1.807) is 0 Å². The van der Waals surface area contributed by atoms with Crippen LogP contribution >= 0.6 is 15.9 Å². The average Bonchev–Trinajstić information content (AvgIpc) is 2.18. The van der Waals surface area contributed by atoms with E-state index in [-0.39, 0.29) is 12.1 Å². The Balaban J connectivity index is 3.38. The number of hydrogen-bond acceptors (Lipinski definition) is 1. The molecule has 0 fully saturated rings. The van der Waals surface area contributed by atoms with Crippen LogP contribution in [0, 0.1) is 17.6 Å². The van der Waals surface area contributed by atoms with Crippen molar-refractivity contribution < 1.29 is 39.9 Å². The molecule has 0 saturated heterocycles. The second-order valence-electron chi connectivity index (χ2n) is 3.63. The van der Waals surface area contributed by atoms with Crippen molar-refractivity contribution >= 4 is 21.7 Å². The average molecular weight is 371 g/mol. The molecule has 0 aliphatic carbocycles. The van der Waals surface area contributed by atoms with Gasteiger partial charge in [-0.3, -0.25) is 4.79 Å². The maximum atomic E-state index is 13.3. The largest absolute Gasteiger partial charge is 0.407 e. The Labute approximate surface area is 114 Å². The van der Waals surface area contributed by atoms with E-state index >= 15 is 0 Å². The van der Waals surface area contributed by atoms with E-state index in [0.717, 1.165) is 0 Å². The molecule has 20 heavy (non-hydrogen) atoms. The molecule has 0 heterocycles. The third kappa shape index (κ3) is 3.47. The minimum Gasteiger partial charge on any atom is -0.293 e. The van der Waals surface area contributed by atoms with Crippen LogP contribution in [0.2, 0.25) is 0 Å². The Morgan fingerprint density at radius 2 is 1.40 bits per heavy atom. The number of carbonyl (C=O) groups excluding carboxylic acids is 1. The van der Waals surface area contributed by atoms with Crippen molar-refractivity contribution in [1.29, 1.82) is 0 Å². The molecule has 0 radical (unpaired) electrons. The first-order valence-corrected chi connectivity index (χ1v) is 5.47. The summed E-state index contributed by atoms with van der Waals surface area (Å²) < 4.78 is 99.6. The van der Waals surface area contributed by atoms with Crippen molar-refractivity contribution in [2.75, 3.05) is 0 Å². The molecular weight excluding hydrogens is 368 g/mol. The van der Waals surface area contributed by atoms with E-state index < -0.39 is 45.7 Å². The minimum atomic E-state index is -5.97. The SMILES string of the molecule is O=C(c1cc(F)c(Br)cc1F)C(C(F)(F)F)C(F)(F)F. The van der Waals surface area contributed by atoms with E-state index in [9.17, 15) is 39.9 Å². The monoisotopic (exact) mass is 370 g/mol. The highest BCUT2D eigenvalue weighted by molar-refractivity contribution is 9.10. The molecule has 1 aromatic carbocycles. The zero-order valence-corrected chi connectivity index (χ0v) is 10.6. The third-order valence-corrected chi connectivity index (χ3v) is 2.80. The van der Waals surface area contributed by atoms with E-state index in [0.29, 0.717) is 0 Å². The number of benzene rings is 1. The summed E-state index contributed by atoms with van der Waals surface area (Å²) in [6.07, 6.45) is -11.9. The highest BCUT2D eigenvalue weighted by Gasteiger charge is 2.61. The first-order valence-electron chi connectivity index (χ1n) is 4.68. The fourth-order valence-corrected chi connectivity index (χ4v) is 1.67. The molecule has 1 nitrogen and oxygen atoms in total. The molecule has 112 valence electrons. The van der Waals surface area contributed by atoms with Gasteiger partial charge in [-0.1, -0.05) is 0 Å². The molecule has 0 amide bonds. The predicted octanol–water partition coefficient (Wildman–Crippen LogP) is 4.65. The summed E-state index contributed by atoms with van der Waals surface area (Å²) in [6, 6.07) is 0.249. The number of rotatable bonds is 2. The van der Waals surface area contributed by atoms with Gasteiger partial charge in [0.15, 0.2) is 5.78 Å². The Bertz CT molecular complexity index is 519. The van der Waals surface area contributed by atoms with Crippen LogP contribution in [0.1, 0.15) is 10.4 Å². The van der Waals surface area contributed by atoms with Crippen LogP contribution in [0.3, 0.4) is 0 Å². The molecule has 0 spiro atoms. The molecule has 10 heteroatoms. The Morgan fingerprint density at radius 3 is 1.80 bits per heavy atom. The number of carbonyl (C=O) groups is 1. The van der Waals surface area contributed by atoms with Gasteiger partial charge in [0.05, 0.1) is 10.0 Å². The molecule has 0 atom stereocenters. The molecule has 0 aliphatic heterocycles. The standard InChI is InChI=1S/C10H3BrF8O/c11-4-2-5(12)3(1-6(4)13)7(20)8(9(14,15)16)10(17,18)19/h1-2,8H. The van der Waals surface area contributed by atoms with E-state index in [1.165, 1.54) is 0 Å². The quantitative estimate of drug-likeness (QED) is 0.420. The van der Waals surface area contributed by atoms with Gasteiger partial charge in [-0.05, 0) is 28.1 Å². The van der Waals surface area contributed by atoms with Crippen LogP contribution in [0.15, 0.2) is 16.6 Å². The first kappa shape index (κ1) is 16.9. The molecule has 1 rings (SSSR count). The molecule has 0 aromatic heterocycles. The number of ketones is 1. The van der Waals surface area contributed by atoms with Crippen molar-refractivity contribution in [3.8, 4) is 0 Å². The summed E-state index contributed by atoms with van der Waals surface area (Å²) in [7, 11) is 0. The summed E-state index contributed by atoms with van der Waals surface area (Å²) >= 11 is 2.47. The van der Waals surface area contributed by atoms with E-state index in [1.807, 2.05) is 0 Å². The summed E-state index contributed by atoms with van der Waals surface area (Å²) in [5.41, 5.74) is -1.62. The van der Waals surface area contributed by atoms with Crippen LogP contribution in [0.5, 0.6) is 0 Å². The third-order valence-electron chi connectivity index (χ3n) is 2.19. The molecular formula is C10H3BrF8O. The summed E-state index contributed by atoms with van der Waals surface area (Å²) in [5, 5.41) is 0. The Kier molecular flexibility index (Phi) is 4.47. The molecule has 1 aromatic rings. The van der Waals surface area contributed by atoms with Gasteiger partial charge in [-0.25, -0.2) is 8.78 Å². The van der Waals surface area contributed by atoms with E-state index in [2.05, 4.69) is 15.9 Å². The predicted molar refractivity (Wildman–Crippen MR) is 54.0 cm³/mol. The van der Waals surface area contributed by atoms with Gasteiger partial charge in [-0.2, -0.15) is 26.3 Å². The fraction of sp³-hybridized carbons (Fsp3) is 0.300. The molecule has 0 aliphatic rings. The van der Waals surface area contributed by atoms with Crippen molar-refractivity contribution in [1.82, 2.24) is 0 Å². The van der Waals surface area contributed by atoms with Gasteiger partial charge in [0.2, 0.25) is 5.92 Å². The Morgan fingerprint density at radius 1 is 0.950 bits per heavy atom. The summed E-state index contributed by atoms with van der Waals surface area (Å²) in [6.45, 7) is 0. The highest BCUT2D eigenvalue weighted by atomic mass is 79.9. The second-order valence-corrected chi connectivity index (χ2v) is 4.48. The van der Waals surface area contributed by atoms with Gasteiger partial charge < -0.3 is 0 Å². The summed E-state index contributed by atoms with van der Waals surface area (Å²) in [5.74, 6) is -10.1. The second kappa shape index (κ2) is 5.30. The molecule has 0 bridgehead atoms. The summed E-state index contributed by atoms with van der Waals surface area (Å²) in [4.78, 5) is 11.3. The minimum absolute atomic E-state index is 0.0216. The molecule has 0 saturated carbocycles. The normalized spacial score (nSPS) is 12.9. The van der Waals surface area contributed by atoms with Crippen LogP contribution in [-0.4, -0.2) is 18.1 Å². The molecule has 0 N–H and O–H groups in total. The zero-order chi connectivity index (χ0) is 15.9. The van der Waals surface area contributed by atoms with Crippen LogP contribution in [0.25, 0.3) is 0 Å². The number of hydrogen-bond donors (Lipinski definition) is 0. The molecule has 0 unspecified atom stereocenters. The highest BCUT2D eigenvalue weighted by Crippen LogP contribution is 2.41. The van der Waals surface area contributed by atoms with Crippen molar-refractivity contribution in [3.63, 3.8) is 0 Å². The topological polar surface area (TPSA) is 17.1 Å². The van der Waals surface area contributed by atoms with Crippen molar-refractivity contribution in [3.05, 3.63) is 33.8 Å². The van der Waals surface area contributed by atoms with Gasteiger partial charge >= 0.3 is 12.4 Å². The van der Waals surface area contributed by atoms with E-state index in [4.69, 9.17) is 0 Å². The maximum absolute atomic E-state index is 13.3. The first-order chi connectivity index (χ1) is 8.85. The van der Waals surface area contributed by atoms with Crippen molar-refractivity contribution in [2.45, 2.75) is 12.4 Å². The maximum Gasteiger partial charge on any atom is 0.407 e. The smallest absolute Gasteiger partial charge is 0.293 e. The lowest BCUT2D eigenvalue weighted by molar-refractivity contribution is -0.264.